The van der Waals surface area contributed by atoms with E-state index in [0.717, 1.165) is 19.3 Å². The van der Waals surface area contributed by atoms with Gasteiger partial charge in [0.25, 0.3) is 5.91 Å². The summed E-state index contributed by atoms with van der Waals surface area (Å²) in [5.74, 6) is 0.192. The Bertz CT molecular complexity index is 504. The highest BCUT2D eigenvalue weighted by Crippen LogP contribution is 2.29. The predicted molar refractivity (Wildman–Crippen MR) is 84.1 cm³/mol. The molecule has 1 aliphatic carbocycles. The van der Waals surface area contributed by atoms with Gasteiger partial charge in [-0.15, -0.1) is 0 Å². The molecule has 2 atom stereocenters. The van der Waals surface area contributed by atoms with Crippen molar-refractivity contribution in [2.45, 2.75) is 45.6 Å². The quantitative estimate of drug-likeness (QED) is 0.912. The van der Waals surface area contributed by atoms with Crippen molar-refractivity contribution >= 4 is 11.6 Å². The van der Waals surface area contributed by atoms with Crippen molar-refractivity contribution in [2.75, 3.05) is 18.9 Å². The van der Waals surface area contributed by atoms with Gasteiger partial charge in [0.05, 0.1) is 11.3 Å². The van der Waals surface area contributed by atoms with E-state index in [0.29, 0.717) is 23.7 Å². The van der Waals surface area contributed by atoms with Crippen LogP contribution in [0.5, 0.6) is 0 Å². The number of para-hydroxylation sites is 1. The number of anilines is 1. The van der Waals surface area contributed by atoms with Crippen LogP contribution in [0.3, 0.4) is 0 Å². The van der Waals surface area contributed by atoms with E-state index in [1.807, 2.05) is 14.0 Å². The average molecular weight is 292 g/mol. The number of rotatable bonds is 4. The number of hydrogen-bond acceptors (Lipinski definition) is 2. The summed E-state index contributed by atoms with van der Waals surface area (Å²) in [5.41, 5.74) is 0.748. The van der Waals surface area contributed by atoms with Gasteiger partial charge in [0.1, 0.15) is 5.82 Å². The molecule has 4 heteroatoms. The van der Waals surface area contributed by atoms with Crippen LogP contribution in [0, 0.1) is 11.7 Å². The molecule has 0 radical (unpaired) electrons. The van der Waals surface area contributed by atoms with E-state index >= 15 is 0 Å². The molecule has 1 aromatic rings. The first-order valence-corrected chi connectivity index (χ1v) is 7.84. The van der Waals surface area contributed by atoms with E-state index in [1.165, 1.54) is 12.5 Å². The molecule has 1 N–H and O–H groups in total. The van der Waals surface area contributed by atoms with E-state index in [2.05, 4.69) is 12.2 Å². The van der Waals surface area contributed by atoms with Crippen LogP contribution in [0.2, 0.25) is 0 Å². The van der Waals surface area contributed by atoms with Crippen LogP contribution in [0.15, 0.2) is 18.2 Å². The second-order valence-electron chi connectivity index (χ2n) is 6.03. The van der Waals surface area contributed by atoms with Crippen LogP contribution >= 0.6 is 0 Å². The van der Waals surface area contributed by atoms with Crippen molar-refractivity contribution in [3.63, 3.8) is 0 Å². The number of nitrogens with zero attached hydrogens (tertiary/aromatic N) is 1. The van der Waals surface area contributed by atoms with Gasteiger partial charge in [-0.25, -0.2) is 4.39 Å². The molecule has 0 saturated heterocycles. The SMILES string of the molecule is CCNc1c(F)cccc1C(=O)N(C)C1CCCC(C)C1. The highest BCUT2D eigenvalue weighted by Gasteiger charge is 2.27. The van der Waals surface area contributed by atoms with Gasteiger partial charge in [-0.1, -0.05) is 25.8 Å². The number of benzene rings is 1. The molecular weight excluding hydrogens is 267 g/mol. The Hall–Kier alpha value is -1.58. The lowest BCUT2D eigenvalue weighted by Crippen LogP contribution is -2.40. The van der Waals surface area contributed by atoms with Crippen molar-refractivity contribution < 1.29 is 9.18 Å². The Labute approximate surface area is 126 Å². The average Bonchev–Trinajstić information content (AvgIpc) is 2.48. The minimum Gasteiger partial charge on any atom is -0.382 e. The predicted octanol–water partition coefficient (Wildman–Crippen LogP) is 3.91. The summed E-state index contributed by atoms with van der Waals surface area (Å²) < 4.78 is 13.9. The van der Waals surface area contributed by atoms with Gasteiger partial charge < -0.3 is 10.2 Å². The molecule has 0 aliphatic heterocycles. The molecule has 0 heterocycles. The minimum atomic E-state index is -0.367. The van der Waals surface area contributed by atoms with Crippen LogP contribution in [-0.2, 0) is 0 Å². The highest BCUT2D eigenvalue weighted by atomic mass is 19.1. The van der Waals surface area contributed by atoms with Gasteiger partial charge in [0.15, 0.2) is 0 Å². The molecule has 1 saturated carbocycles. The molecule has 0 aromatic heterocycles. The number of carbonyl (C=O) groups excluding carboxylic acids is 1. The van der Waals surface area contributed by atoms with E-state index in [4.69, 9.17) is 0 Å². The fourth-order valence-corrected chi connectivity index (χ4v) is 3.17. The van der Waals surface area contributed by atoms with E-state index < -0.39 is 0 Å². The Balaban J connectivity index is 2.21. The van der Waals surface area contributed by atoms with Crippen molar-refractivity contribution in [2.24, 2.45) is 5.92 Å². The maximum Gasteiger partial charge on any atom is 0.256 e. The van der Waals surface area contributed by atoms with Crippen LogP contribution < -0.4 is 5.32 Å². The largest absolute Gasteiger partial charge is 0.382 e. The Kier molecular flexibility index (Phi) is 5.21. The van der Waals surface area contributed by atoms with Crippen LogP contribution in [0.25, 0.3) is 0 Å². The molecule has 1 aromatic carbocycles. The number of halogens is 1. The molecular formula is C17H25FN2O. The fraction of sp³-hybridized carbons (Fsp3) is 0.588. The van der Waals surface area contributed by atoms with Gasteiger partial charge in [-0.2, -0.15) is 0 Å². The summed E-state index contributed by atoms with van der Waals surface area (Å²) in [6.07, 6.45) is 4.47. The molecule has 0 bridgehead atoms. The van der Waals surface area contributed by atoms with Crippen molar-refractivity contribution in [1.29, 1.82) is 0 Å². The lowest BCUT2D eigenvalue weighted by molar-refractivity contribution is 0.0673. The second kappa shape index (κ2) is 6.92. The summed E-state index contributed by atoms with van der Waals surface area (Å²) in [6, 6.07) is 4.95. The summed E-state index contributed by atoms with van der Waals surface area (Å²) in [5, 5.41) is 2.97. The molecule has 1 aliphatic rings. The van der Waals surface area contributed by atoms with Gasteiger partial charge in [0, 0.05) is 19.6 Å². The van der Waals surface area contributed by atoms with Crippen molar-refractivity contribution in [1.82, 2.24) is 4.90 Å². The van der Waals surface area contributed by atoms with Crippen molar-refractivity contribution in [3.8, 4) is 0 Å². The maximum atomic E-state index is 13.9. The van der Waals surface area contributed by atoms with E-state index in [1.54, 1.807) is 17.0 Å². The topological polar surface area (TPSA) is 32.3 Å². The zero-order chi connectivity index (χ0) is 15.4. The van der Waals surface area contributed by atoms with Crippen LogP contribution in [0.1, 0.15) is 49.9 Å². The number of amides is 1. The number of nitrogens with one attached hydrogen (secondary N) is 1. The molecule has 116 valence electrons. The molecule has 2 unspecified atom stereocenters. The smallest absolute Gasteiger partial charge is 0.256 e. The maximum absolute atomic E-state index is 13.9. The highest BCUT2D eigenvalue weighted by molar-refractivity contribution is 5.99. The standard InChI is InChI=1S/C17H25FN2O/c1-4-19-16-14(9-6-10-15(16)18)17(21)20(3)13-8-5-7-12(2)11-13/h6,9-10,12-13,19H,4-5,7-8,11H2,1-3H3. The van der Waals surface area contributed by atoms with Crippen LogP contribution in [-0.4, -0.2) is 30.4 Å². The fourth-order valence-electron chi connectivity index (χ4n) is 3.17. The second-order valence-corrected chi connectivity index (χ2v) is 6.03. The Morgan fingerprint density at radius 1 is 1.43 bits per heavy atom. The molecule has 2 rings (SSSR count). The van der Waals surface area contributed by atoms with Crippen LogP contribution in [0.4, 0.5) is 10.1 Å². The van der Waals surface area contributed by atoms with E-state index in [-0.39, 0.29) is 17.8 Å². The summed E-state index contributed by atoms with van der Waals surface area (Å²) in [7, 11) is 1.84. The normalized spacial score (nSPS) is 21.9. The zero-order valence-corrected chi connectivity index (χ0v) is 13.2. The molecule has 1 fully saturated rings. The van der Waals surface area contributed by atoms with E-state index in [9.17, 15) is 9.18 Å². The Morgan fingerprint density at radius 3 is 2.86 bits per heavy atom. The molecule has 1 amide bonds. The van der Waals surface area contributed by atoms with Gasteiger partial charge in [0.2, 0.25) is 0 Å². The molecule has 21 heavy (non-hydrogen) atoms. The first-order chi connectivity index (χ1) is 10.0. The lowest BCUT2D eigenvalue weighted by atomic mass is 9.86. The third-order valence-electron chi connectivity index (χ3n) is 4.37. The minimum absolute atomic E-state index is 0.0930. The first kappa shape index (κ1) is 15.8. The van der Waals surface area contributed by atoms with Crippen molar-refractivity contribution in [3.05, 3.63) is 29.6 Å². The molecule has 3 nitrogen and oxygen atoms in total. The number of hydrogen-bond donors (Lipinski definition) is 1. The third-order valence-corrected chi connectivity index (χ3v) is 4.37. The van der Waals surface area contributed by atoms with Gasteiger partial charge in [-0.3, -0.25) is 4.79 Å². The molecule has 0 spiro atoms. The zero-order valence-electron chi connectivity index (χ0n) is 13.2. The monoisotopic (exact) mass is 292 g/mol. The third kappa shape index (κ3) is 3.55. The van der Waals surface area contributed by atoms with Gasteiger partial charge >= 0.3 is 0 Å². The summed E-state index contributed by atoms with van der Waals surface area (Å²) >= 11 is 0. The summed E-state index contributed by atoms with van der Waals surface area (Å²) in [4.78, 5) is 14.5. The lowest BCUT2D eigenvalue weighted by Gasteiger charge is -2.34. The summed E-state index contributed by atoms with van der Waals surface area (Å²) in [6.45, 7) is 4.72. The van der Waals surface area contributed by atoms with Gasteiger partial charge in [-0.05, 0) is 37.8 Å². The number of carbonyl (C=O) groups is 1. The Morgan fingerprint density at radius 2 is 2.19 bits per heavy atom. The first-order valence-electron chi connectivity index (χ1n) is 7.84.